The van der Waals surface area contributed by atoms with Gasteiger partial charge in [0.1, 0.15) is 5.82 Å². The van der Waals surface area contributed by atoms with E-state index in [0.29, 0.717) is 18.9 Å². The van der Waals surface area contributed by atoms with Gasteiger partial charge in [-0.1, -0.05) is 0 Å². The summed E-state index contributed by atoms with van der Waals surface area (Å²) < 4.78 is 54.5. The molecule has 1 aliphatic rings. The Morgan fingerprint density at radius 1 is 1.21 bits per heavy atom. The summed E-state index contributed by atoms with van der Waals surface area (Å²) in [6.07, 6.45) is -3.55. The molecule has 3 heterocycles. The zero-order valence-electron chi connectivity index (χ0n) is 22.0. The van der Waals surface area contributed by atoms with E-state index in [4.69, 9.17) is 9.47 Å². The number of benzene rings is 1. The summed E-state index contributed by atoms with van der Waals surface area (Å²) >= 11 is 0. The molecule has 1 saturated heterocycles. The minimum Gasteiger partial charge on any atom is -0.493 e. The van der Waals surface area contributed by atoms with Crippen LogP contribution >= 0.6 is 0 Å². The lowest BCUT2D eigenvalue weighted by Gasteiger charge is -2.35. The Hall–Kier alpha value is -3.67. The summed E-state index contributed by atoms with van der Waals surface area (Å²) in [5.74, 6) is 0.409. The van der Waals surface area contributed by atoms with E-state index in [-0.39, 0.29) is 51.7 Å². The summed E-state index contributed by atoms with van der Waals surface area (Å²) in [6.45, 7) is 7.71. The highest BCUT2D eigenvalue weighted by atomic mass is 19.4. The second-order valence-corrected chi connectivity index (χ2v) is 9.59. The van der Waals surface area contributed by atoms with Gasteiger partial charge in [-0.2, -0.15) is 13.2 Å². The molecule has 0 saturated carbocycles. The molecule has 38 heavy (non-hydrogen) atoms. The predicted molar refractivity (Wildman–Crippen MR) is 135 cm³/mol. The molecule has 0 radical (unpaired) electrons. The predicted octanol–water partition coefficient (Wildman–Crippen LogP) is 4.09. The minimum absolute atomic E-state index is 0.0285. The zero-order valence-corrected chi connectivity index (χ0v) is 22.0. The maximum absolute atomic E-state index is 14.0. The van der Waals surface area contributed by atoms with Crippen LogP contribution < -0.4 is 15.6 Å². The number of aryl methyl sites for hydroxylation is 1. The topological polar surface area (TPSA) is 98.6 Å². The largest absolute Gasteiger partial charge is 0.493 e. The fourth-order valence-corrected chi connectivity index (χ4v) is 4.68. The summed E-state index contributed by atoms with van der Waals surface area (Å²) in [5, 5.41) is 3.02. The third-order valence-corrected chi connectivity index (χ3v) is 6.62. The summed E-state index contributed by atoms with van der Waals surface area (Å²) in [7, 11) is 2.90. The van der Waals surface area contributed by atoms with Gasteiger partial charge in [0.25, 0.3) is 11.5 Å². The number of ether oxygens (including phenoxy) is 2. The molecule has 12 heteroatoms. The quantitative estimate of drug-likeness (QED) is 0.528. The number of hydrogen-bond donors (Lipinski definition) is 1. The Balaban J connectivity index is 1.68. The molecular formula is C26H30F3N5O4. The van der Waals surface area contributed by atoms with Crippen LogP contribution in [0, 0.1) is 6.92 Å². The lowest BCUT2D eigenvalue weighted by molar-refractivity contribution is -0.138. The minimum atomic E-state index is -4.68. The standard InChI is InChI=1S/C26H30F3N5O4/c1-13-11-34(12-14(2)38-13)24(35)17-7-22(37-6)23(30-10-17)31-15(3)18-8-19-21(9-20(18)26(27,28)29)32-16(4)33(5)25(19)36/h7-10,13-15H,11-12H2,1-6H3,(H,30,31). The summed E-state index contributed by atoms with van der Waals surface area (Å²) in [4.78, 5) is 36.0. The first-order valence-electron chi connectivity index (χ1n) is 12.1. The van der Waals surface area contributed by atoms with Crippen molar-refractivity contribution in [3.63, 3.8) is 0 Å². The molecule has 1 aromatic carbocycles. The molecule has 0 aliphatic carbocycles. The SMILES string of the molecule is COc1cc(C(=O)N2CC(C)OC(C)C2)cnc1NC(C)c1cc2c(=O)n(C)c(C)nc2cc1C(F)(F)F. The monoisotopic (exact) mass is 533 g/mol. The first-order valence-corrected chi connectivity index (χ1v) is 12.1. The smallest absolute Gasteiger partial charge is 0.416 e. The Morgan fingerprint density at radius 3 is 2.47 bits per heavy atom. The fourth-order valence-electron chi connectivity index (χ4n) is 4.68. The van der Waals surface area contributed by atoms with Crippen LogP contribution in [0.25, 0.3) is 10.9 Å². The highest BCUT2D eigenvalue weighted by Crippen LogP contribution is 2.38. The molecule has 3 unspecified atom stereocenters. The van der Waals surface area contributed by atoms with Gasteiger partial charge in [0, 0.05) is 26.3 Å². The van der Waals surface area contributed by atoms with Crippen molar-refractivity contribution in [1.29, 1.82) is 0 Å². The number of anilines is 1. The normalized spacial score (nSPS) is 18.9. The van der Waals surface area contributed by atoms with Crippen LogP contribution in [-0.2, 0) is 18.0 Å². The van der Waals surface area contributed by atoms with Crippen molar-refractivity contribution in [2.45, 2.75) is 52.1 Å². The van der Waals surface area contributed by atoms with E-state index in [1.807, 2.05) is 13.8 Å². The molecular weight excluding hydrogens is 503 g/mol. The number of hydrogen-bond acceptors (Lipinski definition) is 7. The Bertz CT molecular complexity index is 1430. The number of aromatic nitrogens is 3. The van der Waals surface area contributed by atoms with Crippen molar-refractivity contribution in [1.82, 2.24) is 19.4 Å². The fraction of sp³-hybridized carbons (Fsp3) is 0.462. The Kier molecular flexibility index (Phi) is 7.37. The zero-order chi connectivity index (χ0) is 27.9. The first kappa shape index (κ1) is 27.4. The van der Waals surface area contributed by atoms with E-state index in [9.17, 15) is 22.8 Å². The van der Waals surface area contributed by atoms with E-state index >= 15 is 0 Å². The van der Waals surface area contributed by atoms with Crippen molar-refractivity contribution in [3.05, 3.63) is 57.3 Å². The van der Waals surface area contributed by atoms with Gasteiger partial charge in [-0.25, -0.2) is 9.97 Å². The van der Waals surface area contributed by atoms with Crippen LogP contribution in [-0.4, -0.2) is 57.7 Å². The van der Waals surface area contributed by atoms with Crippen LogP contribution in [0.2, 0.25) is 0 Å². The van der Waals surface area contributed by atoms with Crippen molar-refractivity contribution < 1.29 is 27.4 Å². The third kappa shape index (κ3) is 5.31. The highest BCUT2D eigenvalue weighted by molar-refractivity contribution is 5.95. The van der Waals surface area contributed by atoms with Gasteiger partial charge in [0.05, 0.1) is 47.4 Å². The number of carbonyl (C=O) groups excluding carboxylic acids is 1. The van der Waals surface area contributed by atoms with Gasteiger partial charge in [-0.3, -0.25) is 14.2 Å². The molecule has 9 nitrogen and oxygen atoms in total. The molecule has 1 aliphatic heterocycles. The number of pyridine rings is 1. The van der Waals surface area contributed by atoms with Crippen LogP contribution in [0.15, 0.2) is 29.2 Å². The first-order chi connectivity index (χ1) is 17.8. The number of rotatable bonds is 5. The van der Waals surface area contributed by atoms with Gasteiger partial charge in [-0.15, -0.1) is 0 Å². The number of nitrogens with one attached hydrogen (secondary N) is 1. The number of methoxy groups -OCH3 is 1. The summed E-state index contributed by atoms with van der Waals surface area (Å²) in [6, 6.07) is 2.69. The van der Waals surface area contributed by atoms with Gasteiger partial charge >= 0.3 is 6.18 Å². The Labute approximate surface area is 217 Å². The molecule has 3 atom stereocenters. The summed E-state index contributed by atoms with van der Waals surface area (Å²) in [5.41, 5.74) is -1.24. The van der Waals surface area contributed by atoms with Crippen LogP contribution in [0.4, 0.5) is 19.0 Å². The lowest BCUT2D eigenvalue weighted by atomic mass is 9.98. The lowest BCUT2D eigenvalue weighted by Crippen LogP contribution is -2.48. The molecule has 1 amide bonds. The maximum Gasteiger partial charge on any atom is 0.416 e. The molecule has 4 rings (SSSR count). The molecule has 0 spiro atoms. The van der Waals surface area contributed by atoms with Crippen LogP contribution in [0.1, 0.15) is 54.1 Å². The maximum atomic E-state index is 14.0. The van der Waals surface area contributed by atoms with E-state index in [0.717, 1.165) is 6.07 Å². The highest BCUT2D eigenvalue weighted by Gasteiger charge is 2.36. The van der Waals surface area contributed by atoms with E-state index in [1.54, 1.807) is 11.8 Å². The van der Waals surface area contributed by atoms with Crippen LogP contribution in [0.5, 0.6) is 5.75 Å². The van der Waals surface area contributed by atoms with Crippen LogP contribution in [0.3, 0.4) is 0 Å². The number of halogens is 3. The molecule has 1 fully saturated rings. The van der Waals surface area contributed by atoms with E-state index in [2.05, 4.69) is 15.3 Å². The van der Waals surface area contributed by atoms with Crippen molar-refractivity contribution in [2.75, 3.05) is 25.5 Å². The number of amides is 1. The number of fused-ring (bicyclic) bond motifs is 1. The number of nitrogens with zero attached hydrogens (tertiary/aromatic N) is 4. The number of alkyl halides is 3. The Morgan fingerprint density at radius 2 is 1.87 bits per heavy atom. The van der Waals surface area contributed by atoms with Gasteiger partial charge < -0.3 is 19.7 Å². The average Bonchev–Trinajstić information content (AvgIpc) is 2.85. The van der Waals surface area contributed by atoms with Crippen molar-refractivity contribution in [3.8, 4) is 5.75 Å². The number of carbonyl (C=O) groups is 1. The second kappa shape index (κ2) is 10.2. The van der Waals surface area contributed by atoms with Gasteiger partial charge in [-0.05, 0) is 51.5 Å². The third-order valence-electron chi connectivity index (χ3n) is 6.62. The van der Waals surface area contributed by atoms with E-state index in [1.165, 1.54) is 44.0 Å². The molecule has 204 valence electrons. The second-order valence-electron chi connectivity index (χ2n) is 9.59. The molecule has 2 aromatic heterocycles. The van der Waals surface area contributed by atoms with Gasteiger partial charge in [0.2, 0.25) is 0 Å². The average molecular weight is 534 g/mol. The van der Waals surface area contributed by atoms with Crippen molar-refractivity contribution in [2.24, 2.45) is 7.05 Å². The molecule has 1 N–H and O–H groups in total. The number of morpholine rings is 1. The van der Waals surface area contributed by atoms with Crippen molar-refractivity contribution >= 4 is 22.6 Å². The van der Waals surface area contributed by atoms with Gasteiger partial charge in [0.15, 0.2) is 11.6 Å². The van der Waals surface area contributed by atoms with E-state index < -0.39 is 23.3 Å². The molecule has 0 bridgehead atoms. The molecule has 3 aromatic rings.